The van der Waals surface area contributed by atoms with Gasteiger partial charge < -0.3 is 10.6 Å². The standard InChI is InChI=1S/C13H26N4O/c1-10(2)16-6-4-11(9-16)17-7-5-15-8-12(17)13(18)14-3/h10-12,15H,4-9H2,1-3H3,(H,14,18). The number of likely N-dealkylation sites (N-methyl/N-ethyl adjacent to an activating group) is 1. The summed E-state index contributed by atoms with van der Waals surface area (Å²) in [4.78, 5) is 16.9. The van der Waals surface area contributed by atoms with Crippen LogP contribution in [0.5, 0.6) is 0 Å². The second-order valence-corrected chi connectivity index (χ2v) is 5.60. The van der Waals surface area contributed by atoms with Crippen molar-refractivity contribution < 1.29 is 4.79 Å². The number of nitrogens with zero attached hydrogens (tertiary/aromatic N) is 2. The summed E-state index contributed by atoms with van der Waals surface area (Å²) in [7, 11) is 1.73. The van der Waals surface area contributed by atoms with Crippen molar-refractivity contribution in [2.24, 2.45) is 0 Å². The first kappa shape index (κ1) is 13.8. The smallest absolute Gasteiger partial charge is 0.238 e. The van der Waals surface area contributed by atoms with Crippen molar-refractivity contribution in [3.05, 3.63) is 0 Å². The number of nitrogens with one attached hydrogen (secondary N) is 2. The Morgan fingerprint density at radius 2 is 2.17 bits per heavy atom. The molecule has 2 saturated heterocycles. The van der Waals surface area contributed by atoms with E-state index in [4.69, 9.17) is 0 Å². The minimum atomic E-state index is 0.000798. The van der Waals surface area contributed by atoms with Gasteiger partial charge in [-0.2, -0.15) is 0 Å². The predicted octanol–water partition coefficient (Wildman–Crippen LogP) is -0.511. The fourth-order valence-corrected chi connectivity index (χ4v) is 3.07. The third-order valence-corrected chi connectivity index (χ3v) is 4.23. The average Bonchev–Trinajstić information content (AvgIpc) is 2.87. The Bertz CT molecular complexity index is 295. The Hall–Kier alpha value is -0.650. The zero-order chi connectivity index (χ0) is 13.1. The van der Waals surface area contributed by atoms with Gasteiger partial charge in [0.15, 0.2) is 0 Å². The highest BCUT2D eigenvalue weighted by molar-refractivity contribution is 5.81. The Morgan fingerprint density at radius 3 is 2.78 bits per heavy atom. The molecule has 0 spiro atoms. The lowest BCUT2D eigenvalue weighted by Crippen LogP contribution is -2.60. The predicted molar refractivity (Wildman–Crippen MR) is 72.5 cm³/mol. The van der Waals surface area contributed by atoms with Gasteiger partial charge in [-0.05, 0) is 20.3 Å². The molecule has 5 heteroatoms. The summed E-state index contributed by atoms with van der Waals surface area (Å²) in [5.41, 5.74) is 0. The second kappa shape index (κ2) is 5.99. The van der Waals surface area contributed by atoms with E-state index < -0.39 is 0 Å². The number of amides is 1. The molecule has 18 heavy (non-hydrogen) atoms. The first-order valence-electron chi connectivity index (χ1n) is 7.05. The minimum absolute atomic E-state index is 0.000798. The number of carbonyl (C=O) groups excluding carboxylic acids is 1. The molecule has 2 aliphatic rings. The van der Waals surface area contributed by atoms with Crippen LogP contribution in [0.3, 0.4) is 0 Å². The molecule has 2 heterocycles. The van der Waals surface area contributed by atoms with Crippen LogP contribution < -0.4 is 10.6 Å². The highest BCUT2D eigenvalue weighted by Gasteiger charge is 2.36. The van der Waals surface area contributed by atoms with Crippen LogP contribution in [0.15, 0.2) is 0 Å². The summed E-state index contributed by atoms with van der Waals surface area (Å²) < 4.78 is 0. The molecule has 2 atom stereocenters. The van der Waals surface area contributed by atoms with Gasteiger partial charge >= 0.3 is 0 Å². The number of carbonyl (C=O) groups is 1. The molecule has 2 aliphatic heterocycles. The molecule has 0 aromatic carbocycles. The fraction of sp³-hybridized carbons (Fsp3) is 0.923. The van der Waals surface area contributed by atoms with Crippen LogP contribution in [-0.4, -0.2) is 73.6 Å². The molecule has 2 N–H and O–H groups in total. The van der Waals surface area contributed by atoms with E-state index in [9.17, 15) is 4.79 Å². The van der Waals surface area contributed by atoms with E-state index in [1.807, 2.05) is 0 Å². The van der Waals surface area contributed by atoms with Crippen molar-refractivity contribution in [3.8, 4) is 0 Å². The summed E-state index contributed by atoms with van der Waals surface area (Å²) >= 11 is 0. The summed E-state index contributed by atoms with van der Waals surface area (Å²) in [6.45, 7) is 9.50. The Morgan fingerprint density at radius 1 is 1.39 bits per heavy atom. The van der Waals surface area contributed by atoms with E-state index in [-0.39, 0.29) is 11.9 Å². The van der Waals surface area contributed by atoms with Crippen molar-refractivity contribution in [1.29, 1.82) is 0 Å². The van der Waals surface area contributed by atoms with Crippen molar-refractivity contribution >= 4 is 5.91 Å². The molecule has 5 nitrogen and oxygen atoms in total. The van der Waals surface area contributed by atoms with Gasteiger partial charge in [0.2, 0.25) is 5.91 Å². The molecule has 0 saturated carbocycles. The van der Waals surface area contributed by atoms with Crippen LogP contribution in [0.4, 0.5) is 0 Å². The van der Waals surface area contributed by atoms with Gasteiger partial charge in [0.05, 0.1) is 0 Å². The highest BCUT2D eigenvalue weighted by atomic mass is 16.2. The van der Waals surface area contributed by atoms with E-state index in [0.29, 0.717) is 12.1 Å². The average molecular weight is 254 g/mol. The van der Waals surface area contributed by atoms with E-state index >= 15 is 0 Å². The van der Waals surface area contributed by atoms with Crippen molar-refractivity contribution in [3.63, 3.8) is 0 Å². The van der Waals surface area contributed by atoms with Crippen LogP contribution in [0.2, 0.25) is 0 Å². The summed E-state index contributed by atoms with van der Waals surface area (Å²) in [6, 6.07) is 1.15. The van der Waals surface area contributed by atoms with Crippen molar-refractivity contribution in [2.45, 2.75) is 38.4 Å². The molecule has 0 radical (unpaired) electrons. The maximum absolute atomic E-state index is 11.9. The second-order valence-electron chi connectivity index (χ2n) is 5.60. The molecule has 0 bridgehead atoms. The Balaban J connectivity index is 1.99. The molecule has 104 valence electrons. The van der Waals surface area contributed by atoms with E-state index in [1.54, 1.807) is 7.05 Å². The fourth-order valence-electron chi connectivity index (χ4n) is 3.07. The van der Waals surface area contributed by atoms with E-state index in [0.717, 1.165) is 32.7 Å². The zero-order valence-corrected chi connectivity index (χ0v) is 11.8. The number of likely N-dealkylation sites (tertiary alicyclic amines) is 1. The molecule has 0 aromatic rings. The van der Waals surface area contributed by atoms with Gasteiger partial charge in [0, 0.05) is 51.9 Å². The third-order valence-electron chi connectivity index (χ3n) is 4.23. The molecule has 2 unspecified atom stereocenters. The SMILES string of the molecule is CNC(=O)C1CNCCN1C1CCN(C(C)C)C1. The summed E-state index contributed by atoms with van der Waals surface area (Å²) in [5.74, 6) is 0.144. The maximum Gasteiger partial charge on any atom is 0.238 e. The number of piperazine rings is 1. The van der Waals surface area contributed by atoms with E-state index in [1.165, 1.54) is 6.42 Å². The first-order chi connectivity index (χ1) is 8.63. The quantitative estimate of drug-likeness (QED) is 0.712. The molecule has 1 amide bonds. The molecule has 0 aromatic heterocycles. The molecular weight excluding hydrogens is 228 g/mol. The monoisotopic (exact) mass is 254 g/mol. The minimum Gasteiger partial charge on any atom is -0.358 e. The Kier molecular flexibility index (Phi) is 4.59. The highest BCUT2D eigenvalue weighted by Crippen LogP contribution is 2.20. The van der Waals surface area contributed by atoms with Crippen LogP contribution in [-0.2, 0) is 4.79 Å². The molecule has 2 fully saturated rings. The van der Waals surface area contributed by atoms with Gasteiger partial charge in [-0.1, -0.05) is 0 Å². The maximum atomic E-state index is 11.9. The number of hydrogen-bond donors (Lipinski definition) is 2. The van der Waals surface area contributed by atoms with Crippen LogP contribution in [0, 0.1) is 0 Å². The zero-order valence-electron chi connectivity index (χ0n) is 11.8. The van der Waals surface area contributed by atoms with E-state index in [2.05, 4.69) is 34.3 Å². The topological polar surface area (TPSA) is 47.6 Å². The molecule has 2 rings (SSSR count). The van der Waals surface area contributed by atoms with Gasteiger partial charge in [-0.3, -0.25) is 14.6 Å². The lowest BCUT2D eigenvalue weighted by molar-refractivity contribution is -0.127. The van der Waals surface area contributed by atoms with Crippen molar-refractivity contribution in [1.82, 2.24) is 20.4 Å². The molecular formula is C13H26N4O. The van der Waals surface area contributed by atoms with Crippen LogP contribution in [0.25, 0.3) is 0 Å². The van der Waals surface area contributed by atoms with Crippen LogP contribution in [0.1, 0.15) is 20.3 Å². The molecule has 0 aliphatic carbocycles. The first-order valence-corrected chi connectivity index (χ1v) is 7.05. The third kappa shape index (κ3) is 2.84. The lowest BCUT2D eigenvalue weighted by atomic mass is 10.1. The lowest BCUT2D eigenvalue weighted by Gasteiger charge is -2.39. The van der Waals surface area contributed by atoms with Gasteiger partial charge in [0.1, 0.15) is 6.04 Å². The number of hydrogen-bond acceptors (Lipinski definition) is 4. The number of rotatable bonds is 3. The van der Waals surface area contributed by atoms with Gasteiger partial charge in [0.25, 0.3) is 0 Å². The summed E-state index contributed by atoms with van der Waals surface area (Å²) in [5, 5.41) is 6.11. The van der Waals surface area contributed by atoms with Gasteiger partial charge in [-0.15, -0.1) is 0 Å². The normalized spacial score (nSPS) is 30.9. The Labute approximate surface area is 110 Å². The van der Waals surface area contributed by atoms with Crippen molar-refractivity contribution in [2.75, 3.05) is 39.8 Å². The van der Waals surface area contributed by atoms with Gasteiger partial charge in [-0.25, -0.2) is 0 Å². The summed E-state index contributed by atoms with van der Waals surface area (Å²) in [6.07, 6.45) is 1.19. The van der Waals surface area contributed by atoms with Crippen LogP contribution >= 0.6 is 0 Å². The largest absolute Gasteiger partial charge is 0.358 e.